The lowest BCUT2D eigenvalue weighted by atomic mass is 9.56. The third kappa shape index (κ3) is 6.03. The van der Waals surface area contributed by atoms with Gasteiger partial charge in [-0.2, -0.15) is 0 Å². The largest absolute Gasteiger partial charge is 0.393 e. The van der Waals surface area contributed by atoms with Gasteiger partial charge in [-0.05, 0) is 89.8 Å². The number of aliphatic hydroxyl groups excluding tert-OH is 2. The molecule has 2 heteroatoms. The van der Waals surface area contributed by atoms with E-state index in [1.165, 1.54) is 12.8 Å². The molecule has 2 aliphatic carbocycles. The molecule has 2 rings (SSSR count). The van der Waals surface area contributed by atoms with Gasteiger partial charge in [0.1, 0.15) is 0 Å². The molecule has 6 unspecified atom stereocenters. The van der Waals surface area contributed by atoms with Gasteiger partial charge in [-0.1, -0.05) is 76.2 Å². The Morgan fingerprint density at radius 1 is 0.600 bits per heavy atom. The standard InChI is InChI=1S/C28H54O2/c1-17(2)20-13-18(14-21(24(20)29)26(3,4)5)12-19-15-22(27(6,7)8)25(30)23(16-19)28(9,10)11/h17-25,29-30H,12-16H2,1-11H3. The van der Waals surface area contributed by atoms with Crippen LogP contribution in [0.2, 0.25) is 0 Å². The summed E-state index contributed by atoms with van der Waals surface area (Å²) >= 11 is 0. The van der Waals surface area contributed by atoms with Gasteiger partial charge in [-0.3, -0.25) is 0 Å². The normalized spacial score (nSPS) is 39.4. The van der Waals surface area contributed by atoms with Gasteiger partial charge in [-0.25, -0.2) is 0 Å². The Labute approximate surface area is 188 Å². The first-order valence-corrected chi connectivity index (χ1v) is 12.8. The smallest absolute Gasteiger partial charge is 0.0606 e. The molecular weight excluding hydrogens is 368 g/mol. The first-order valence-electron chi connectivity index (χ1n) is 12.8. The van der Waals surface area contributed by atoms with Gasteiger partial charge in [-0.15, -0.1) is 0 Å². The van der Waals surface area contributed by atoms with E-state index in [2.05, 4.69) is 76.2 Å². The summed E-state index contributed by atoms with van der Waals surface area (Å²) in [6.45, 7) is 25.4. The van der Waals surface area contributed by atoms with Crippen molar-refractivity contribution in [2.24, 2.45) is 57.7 Å². The van der Waals surface area contributed by atoms with Crippen LogP contribution >= 0.6 is 0 Å². The summed E-state index contributed by atoms with van der Waals surface area (Å²) in [5.74, 6) is 3.46. The van der Waals surface area contributed by atoms with E-state index >= 15 is 0 Å². The highest BCUT2D eigenvalue weighted by atomic mass is 16.3. The van der Waals surface area contributed by atoms with Crippen LogP contribution in [0.1, 0.15) is 108 Å². The zero-order valence-electron chi connectivity index (χ0n) is 22.1. The van der Waals surface area contributed by atoms with Crippen molar-refractivity contribution in [1.82, 2.24) is 0 Å². The predicted octanol–water partition coefficient (Wildman–Crippen LogP) is 7.18. The zero-order chi connectivity index (χ0) is 23.2. The van der Waals surface area contributed by atoms with Gasteiger partial charge in [0.15, 0.2) is 0 Å². The molecule has 2 N–H and O–H groups in total. The van der Waals surface area contributed by atoms with E-state index in [0.717, 1.165) is 19.3 Å². The lowest BCUT2D eigenvalue weighted by Crippen LogP contribution is -2.49. The maximum Gasteiger partial charge on any atom is 0.0606 e. The highest BCUT2D eigenvalue weighted by Gasteiger charge is 2.48. The van der Waals surface area contributed by atoms with Crippen molar-refractivity contribution < 1.29 is 10.2 Å². The van der Waals surface area contributed by atoms with E-state index in [1.807, 2.05) is 0 Å². The van der Waals surface area contributed by atoms with E-state index in [1.54, 1.807) is 0 Å². The second-order valence-corrected chi connectivity index (χ2v) is 14.7. The first kappa shape index (κ1) is 26.2. The monoisotopic (exact) mass is 422 g/mol. The Kier molecular flexibility index (Phi) is 7.89. The van der Waals surface area contributed by atoms with Crippen molar-refractivity contribution in [2.75, 3.05) is 0 Å². The molecular formula is C28H54O2. The summed E-state index contributed by atoms with van der Waals surface area (Å²) in [6.07, 6.45) is 5.55. The second-order valence-electron chi connectivity index (χ2n) is 14.7. The Hall–Kier alpha value is -0.0800. The lowest BCUT2D eigenvalue weighted by molar-refractivity contribution is -0.0954. The number of rotatable bonds is 3. The Morgan fingerprint density at radius 2 is 0.933 bits per heavy atom. The van der Waals surface area contributed by atoms with E-state index in [0.29, 0.717) is 41.4 Å². The summed E-state index contributed by atoms with van der Waals surface area (Å²) in [6, 6.07) is 0. The molecule has 0 saturated heterocycles. The average molecular weight is 423 g/mol. The molecule has 2 aliphatic rings. The minimum atomic E-state index is -0.194. The van der Waals surface area contributed by atoms with Crippen LogP contribution in [0.4, 0.5) is 0 Å². The minimum Gasteiger partial charge on any atom is -0.393 e. The molecule has 0 aliphatic heterocycles. The summed E-state index contributed by atoms with van der Waals surface area (Å²) in [4.78, 5) is 0. The fourth-order valence-corrected chi connectivity index (χ4v) is 6.91. The molecule has 0 spiro atoms. The molecule has 2 saturated carbocycles. The Bertz CT molecular complexity index is 520. The minimum absolute atomic E-state index is 0.138. The number of aliphatic hydroxyl groups is 2. The van der Waals surface area contributed by atoms with Crippen LogP contribution in [-0.4, -0.2) is 22.4 Å². The number of hydrogen-bond donors (Lipinski definition) is 2. The third-order valence-corrected chi connectivity index (χ3v) is 8.90. The van der Waals surface area contributed by atoms with Gasteiger partial charge >= 0.3 is 0 Å². The quantitative estimate of drug-likeness (QED) is 0.506. The van der Waals surface area contributed by atoms with Crippen LogP contribution in [0.25, 0.3) is 0 Å². The van der Waals surface area contributed by atoms with Gasteiger partial charge in [0.25, 0.3) is 0 Å². The predicted molar refractivity (Wildman–Crippen MR) is 129 cm³/mol. The first-order chi connectivity index (χ1) is 13.4. The molecule has 0 radical (unpaired) electrons. The van der Waals surface area contributed by atoms with Crippen molar-refractivity contribution in [2.45, 2.75) is 120 Å². The molecule has 0 bridgehead atoms. The number of hydrogen-bond acceptors (Lipinski definition) is 2. The molecule has 178 valence electrons. The molecule has 0 heterocycles. The summed E-state index contributed by atoms with van der Waals surface area (Å²) < 4.78 is 0. The van der Waals surface area contributed by atoms with Crippen LogP contribution < -0.4 is 0 Å². The Balaban J connectivity index is 2.23. The molecule has 0 aromatic heterocycles. The van der Waals surface area contributed by atoms with Crippen LogP contribution in [-0.2, 0) is 0 Å². The summed E-state index contributed by atoms with van der Waals surface area (Å²) in [5, 5.41) is 22.4. The highest BCUT2D eigenvalue weighted by molar-refractivity contribution is 4.98. The third-order valence-electron chi connectivity index (χ3n) is 8.90. The van der Waals surface area contributed by atoms with Crippen LogP contribution in [0, 0.1) is 57.7 Å². The molecule has 0 amide bonds. The Morgan fingerprint density at radius 3 is 1.27 bits per heavy atom. The highest BCUT2D eigenvalue weighted by Crippen LogP contribution is 2.52. The van der Waals surface area contributed by atoms with Crippen LogP contribution in [0.3, 0.4) is 0 Å². The van der Waals surface area contributed by atoms with Crippen molar-refractivity contribution in [1.29, 1.82) is 0 Å². The van der Waals surface area contributed by atoms with Crippen LogP contribution in [0.5, 0.6) is 0 Å². The van der Waals surface area contributed by atoms with E-state index in [9.17, 15) is 10.2 Å². The molecule has 0 aromatic rings. The molecule has 2 fully saturated rings. The van der Waals surface area contributed by atoms with Crippen molar-refractivity contribution >= 4 is 0 Å². The fraction of sp³-hybridized carbons (Fsp3) is 1.00. The molecule has 30 heavy (non-hydrogen) atoms. The molecule has 2 nitrogen and oxygen atoms in total. The maximum absolute atomic E-state index is 11.3. The zero-order valence-corrected chi connectivity index (χ0v) is 22.1. The lowest BCUT2D eigenvalue weighted by Gasteiger charge is -2.51. The maximum atomic E-state index is 11.3. The van der Waals surface area contributed by atoms with Gasteiger partial charge in [0.05, 0.1) is 12.2 Å². The average Bonchev–Trinajstić information content (AvgIpc) is 2.54. The SMILES string of the molecule is CC(C)C1CC(CC2CC(C(C)(C)C)C(O)C(C(C)(C)C)C2)CC(C(C)(C)C)C1O. The van der Waals surface area contributed by atoms with E-state index in [4.69, 9.17) is 0 Å². The second kappa shape index (κ2) is 9.05. The van der Waals surface area contributed by atoms with Crippen molar-refractivity contribution in [3.05, 3.63) is 0 Å². The van der Waals surface area contributed by atoms with Crippen molar-refractivity contribution in [3.63, 3.8) is 0 Å². The summed E-state index contributed by atoms with van der Waals surface area (Å²) in [7, 11) is 0. The molecule has 0 aromatic carbocycles. The topological polar surface area (TPSA) is 40.5 Å². The van der Waals surface area contributed by atoms with Gasteiger partial charge < -0.3 is 10.2 Å². The fourth-order valence-electron chi connectivity index (χ4n) is 6.91. The van der Waals surface area contributed by atoms with Crippen molar-refractivity contribution in [3.8, 4) is 0 Å². The van der Waals surface area contributed by atoms with Gasteiger partial charge in [0.2, 0.25) is 0 Å². The van der Waals surface area contributed by atoms with E-state index < -0.39 is 0 Å². The molecule has 6 atom stereocenters. The van der Waals surface area contributed by atoms with Gasteiger partial charge in [0, 0.05) is 0 Å². The van der Waals surface area contributed by atoms with E-state index in [-0.39, 0.29) is 28.5 Å². The van der Waals surface area contributed by atoms with Crippen LogP contribution in [0.15, 0.2) is 0 Å². The summed E-state index contributed by atoms with van der Waals surface area (Å²) in [5.41, 5.74) is 0.424.